The highest BCUT2D eigenvalue weighted by Gasteiger charge is 2.21. The van der Waals surface area contributed by atoms with Gasteiger partial charge in [-0.05, 0) is 57.2 Å². The molecule has 0 aliphatic heterocycles. The van der Waals surface area contributed by atoms with Crippen molar-refractivity contribution in [2.45, 2.75) is 51.7 Å². The van der Waals surface area contributed by atoms with E-state index in [0.29, 0.717) is 12.1 Å². The molecule has 2 aromatic rings. The average Bonchev–Trinajstić information content (AvgIpc) is 2.89. The molecule has 1 aliphatic carbocycles. The van der Waals surface area contributed by atoms with Crippen molar-refractivity contribution in [2.24, 2.45) is 0 Å². The first-order valence-electron chi connectivity index (χ1n) is 8.20. The maximum absolute atomic E-state index is 6.26. The first kappa shape index (κ1) is 15.9. The van der Waals surface area contributed by atoms with Crippen molar-refractivity contribution in [3.8, 4) is 11.1 Å². The van der Waals surface area contributed by atoms with E-state index in [0.717, 1.165) is 59.6 Å². The van der Waals surface area contributed by atoms with Crippen LogP contribution in [-0.4, -0.2) is 24.4 Å². The van der Waals surface area contributed by atoms with Crippen LogP contribution in [0.5, 0.6) is 0 Å². The number of nitrogens with two attached hydrogens (primary N) is 1. The number of methoxy groups -OCH3 is 1. The fourth-order valence-corrected chi connectivity index (χ4v) is 3.41. The Kier molecular flexibility index (Phi) is 4.57. The number of benzene rings is 1. The minimum Gasteiger partial charge on any atom is -0.397 e. The van der Waals surface area contributed by atoms with Crippen molar-refractivity contribution >= 4 is 11.4 Å². The number of aryl methyl sites for hydroxylation is 2. The zero-order valence-corrected chi connectivity index (χ0v) is 14.1. The van der Waals surface area contributed by atoms with Gasteiger partial charge in [0.05, 0.1) is 23.2 Å². The molecule has 0 bridgehead atoms. The Balaban J connectivity index is 1.73. The molecule has 0 spiro atoms. The molecule has 5 nitrogen and oxygen atoms in total. The Labute approximate surface area is 137 Å². The molecule has 1 aliphatic rings. The molecule has 0 unspecified atom stereocenters. The van der Waals surface area contributed by atoms with Crippen LogP contribution < -0.4 is 11.1 Å². The summed E-state index contributed by atoms with van der Waals surface area (Å²) in [6.07, 6.45) is 4.84. The third kappa shape index (κ3) is 3.34. The van der Waals surface area contributed by atoms with E-state index < -0.39 is 0 Å². The molecule has 0 radical (unpaired) electrons. The summed E-state index contributed by atoms with van der Waals surface area (Å²) in [5, 5.41) is 7.59. The van der Waals surface area contributed by atoms with Gasteiger partial charge in [-0.1, -0.05) is 11.2 Å². The fraction of sp³-hybridized carbons (Fsp3) is 0.500. The molecule has 1 saturated carbocycles. The van der Waals surface area contributed by atoms with Crippen molar-refractivity contribution in [1.29, 1.82) is 0 Å². The topological polar surface area (TPSA) is 73.3 Å². The summed E-state index contributed by atoms with van der Waals surface area (Å²) in [5.74, 6) is 0.820. The van der Waals surface area contributed by atoms with Gasteiger partial charge in [0, 0.05) is 18.7 Å². The van der Waals surface area contributed by atoms with Crippen LogP contribution in [0.1, 0.15) is 37.1 Å². The molecule has 0 saturated heterocycles. The minimum absolute atomic E-state index is 0.410. The lowest BCUT2D eigenvalue weighted by atomic mass is 9.92. The van der Waals surface area contributed by atoms with Gasteiger partial charge in [0.15, 0.2) is 0 Å². The molecule has 0 atom stereocenters. The van der Waals surface area contributed by atoms with Crippen molar-refractivity contribution in [2.75, 3.05) is 18.2 Å². The summed E-state index contributed by atoms with van der Waals surface area (Å²) in [6, 6.07) is 6.59. The highest BCUT2D eigenvalue weighted by molar-refractivity contribution is 5.77. The Hall–Kier alpha value is -2.01. The molecule has 1 heterocycles. The van der Waals surface area contributed by atoms with Crippen LogP contribution in [0.15, 0.2) is 22.7 Å². The van der Waals surface area contributed by atoms with E-state index in [4.69, 9.17) is 15.0 Å². The number of rotatable bonds is 4. The van der Waals surface area contributed by atoms with Crippen molar-refractivity contribution in [1.82, 2.24) is 5.16 Å². The predicted molar refractivity (Wildman–Crippen MR) is 92.5 cm³/mol. The van der Waals surface area contributed by atoms with Crippen molar-refractivity contribution < 1.29 is 9.26 Å². The number of ether oxygens (including phenoxy) is 1. The van der Waals surface area contributed by atoms with Crippen LogP contribution in [0.25, 0.3) is 11.1 Å². The molecule has 1 fully saturated rings. The lowest BCUT2D eigenvalue weighted by Crippen LogP contribution is -2.29. The highest BCUT2D eigenvalue weighted by atomic mass is 16.5. The number of aromatic nitrogens is 1. The van der Waals surface area contributed by atoms with Gasteiger partial charge in [-0.3, -0.25) is 0 Å². The zero-order chi connectivity index (χ0) is 16.4. The molecular formula is C18H25N3O2. The minimum atomic E-state index is 0.410. The van der Waals surface area contributed by atoms with Gasteiger partial charge in [0.2, 0.25) is 0 Å². The molecule has 3 rings (SSSR count). The average molecular weight is 315 g/mol. The summed E-state index contributed by atoms with van der Waals surface area (Å²) in [7, 11) is 1.80. The number of hydrogen-bond donors (Lipinski definition) is 2. The number of nitrogen functional groups attached to an aromatic ring is 1. The predicted octanol–water partition coefficient (Wildman–Crippen LogP) is 3.91. The third-order valence-electron chi connectivity index (χ3n) is 4.74. The molecule has 3 N–H and O–H groups in total. The lowest BCUT2D eigenvalue weighted by Gasteiger charge is -2.29. The molecule has 0 amide bonds. The SMILES string of the molecule is COC1CCC(Nc2ccc(-c3c(C)noc3C)cc2N)CC1. The first-order valence-corrected chi connectivity index (χ1v) is 8.20. The molecule has 23 heavy (non-hydrogen) atoms. The van der Waals surface area contributed by atoms with E-state index in [1.54, 1.807) is 7.11 Å². The maximum Gasteiger partial charge on any atom is 0.141 e. The van der Waals surface area contributed by atoms with Gasteiger partial charge in [-0.2, -0.15) is 0 Å². The second-order valence-corrected chi connectivity index (χ2v) is 6.35. The van der Waals surface area contributed by atoms with Crippen LogP contribution in [0.4, 0.5) is 11.4 Å². The normalized spacial score (nSPS) is 21.3. The Bertz CT molecular complexity index is 653. The van der Waals surface area contributed by atoms with Gasteiger partial charge < -0.3 is 20.3 Å². The summed E-state index contributed by atoms with van der Waals surface area (Å²) in [6.45, 7) is 3.87. The van der Waals surface area contributed by atoms with Crippen molar-refractivity contribution in [3.63, 3.8) is 0 Å². The molecule has 5 heteroatoms. The Morgan fingerprint density at radius 1 is 1.22 bits per heavy atom. The van der Waals surface area contributed by atoms with Crippen molar-refractivity contribution in [3.05, 3.63) is 29.7 Å². The zero-order valence-electron chi connectivity index (χ0n) is 14.1. The van der Waals surface area contributed by atoms with Crippen LogP contribution in [0, 0.1) is 13.8 Å². The fourth-order valence-electron chi connectivity index (χ4n) is 3.41. The van der Waals surface area contributed by atoms with Crippen LogP contribution in [0.3, 0.4) is 0 Å². The van der Waals surface area contributed by atoms with E-state index in [1.807, 2.05) is 19.9 Å². The quantitative estimate of drug-likeness (QED) is 0.837. The van der Waals surface area contributed by atoms with E-state index in [1.165, 1.54) is 0 Å². The highest BCUT2D eigenvalue weighted by Crippen LogP contribution is 2.32. The van der Waals surface area contributed by atoms with Crippen LogP contribution in [0.2, 0.25) is 0 Å². The molecule has 1 aromatic heterocycles. The standard InChI is InChI=1S/C18H25N3O2/c1-11-18(12(2)23-21-11)13-4-9-17(16(19)10-13)20-14-5-7-15(22-3)8-6-14/h4,9-10,14-15,20H,5-8,19H2,1-3H3. The number of nitrogens with zero attached hydrogens (tertiary/aromatic N) is 1. The number of hydrogen-bond acceptors (Lipinski definition) is 5. The first-order chi connectivity index (χ1) is 11.1. The summed E-state index contributed by atoms with van der Waals surface area (Å²) >= 11 is 0. The van der Waals surface area contributed by atoms with Gasteiger partial charge in [0.1, 0.15) is 5.76 Å². The van der Waals surface area contributed by atoms with E-state index >= 15 is 0 Å². The summed E-state index contributed by atoms with van der Waals surface area (Å²) < 4.78 is 10.7. The largest absolute Gasteiger partial charge is 0.397 e. The second-order valence-electron chi connectivity index (χ2n) is 6.35. The molecule has 1 aromatic carbocycles. The third-order valence-corrected chi connectivity index (χ3v) is 4.74. The van der Waals surface area contributed by atoms with Gasteiger partial charge in [-0.25, -0.2) is 0 Å². The molecule has 124 valence electrons. The summed E-state index contributed by atoms with van der Waals surface area (Å²) in [5.41, 5.74) is 11.0. The van der Waals surface area contributed by atoms with Crippen LogP contribution >= 0.6 is 0 Å². The second kappa shape index (κ2) is 6.62. The molecular weight excluding hydrogens is 290 g/mol. The Morgan fingerprint density at radius 2 is 1.96 bits per heavy atom. The summed E-state index contributed by atoms with van der Waals surface area (Å²) in [4.78, 5) is 0. The van der Waals surface area contributed by atoms with Gasteiger partial charge in [-0.15, -0.1) is 0 Å². The smallest absolute Gasteiger partial charge is 0.141 e. The van der Waals surface area contributed by atoms with E-state index in [-0.39, 0.29) is 0 Å². The van der Waals surface area contributed by atoms with Gasteiger partial charge >= 0.3 is 0 Å². The van der Waals surface area contributed by atoms with Gasteiger partial charge in [0.25, 0.3) is 0 Å². The number of anilines is 2. The Morgan fingerprint density at radius 3 is 2.52 bits per heavy atom. The van der Waals surface area contributed by atoms with Crippen LogP contribution in [-0.2, 0) is 4.74 Å². The monoisotopic (exact) mass is 315 g/mol. The number of nitrogens with one attached hydrogen (secondary N) is 1. The van der Waals surface area contributed by atoms with E-state index in [2.05, 4.69) is 22.6 Å². The maximum atomic E-state index is 6.26. The van der Waals surface area contributed by atoms with E-state index in [9.17, 15) is 0 Å². The lowest BCUT2D eigenvalue weighted by molar-refractivity contribution is 0.0682.